The molecule has 0 spiro atoms. The lowest BCUT2D eigenvalue weighted by molar-refractivity contribution is -0.119. The van der Waals surface area contributed by atoms with Crippen molar-refractivity contribution >= 4 is 29.0 Å². The normalized spacial score (nSPS) is 9.69. The third kappa shape index (κ3) is 3.13. The topological polar surface area (TPSA) is 60.8 Å². The highest BCUT2D eigenvalue weighted by Gasteiger charge is 2.01. The van der Waals surface area contributed by atoms with Gasteiger partial charge in [0, 0.05) is 6.07 Å². The molecule has 0 amide bonds. The second-order valence-electron chi connectivity index (χ2n) is 2.44. The predicted octanol–water partition coefficient (Wildman–Crippen LogP) is 0.489. The van der Waals surface area contributed by atoms with E-state index in [0.29, 0.717) is 15.8 Å². The average molecular weight is 220 g/mol. The highest BCUT2D eigenvalue weighted by molar-refractivity contribution is 6.42. The van der Waals surface area contributed by atoms with Gasteiger partial charge in [-0.25, -0.2) is 0 Å². The lowest BCUT2D eigenvalue weighted by Crippen LogP contribution is -2.49. The Morgan fingerprint density at radius 2 is 2.08 bits per heavy atom. The first-order chi connectivity index (χ1) is 6.09. The smallest absolute Gasteiger partial charge is 0.276 e. The molecule has 70 valence electrons. The molecule has 0 aliphatic heterocycles. The van der Waals surface area contributed by atoms with E-state index in [1.165, 1.54) is 0 Å². The molecule has 0 saturated heterocycles. The molecule has 5 heteroatoms. The lowest BCUT2D eigenvalue weighted by atomic mass is 10.3. The molecule has 0 aromatic heterocycles. The van der Waals surface area contributed by atoms with Gasteiger partial charge < -0.3 is 4.74 Å². The van der Waals surface area contributed by atoms with Crippen molar-refractivity contribution < 1.29 is 10.1 Å². The zero-order chi connectivity index (χ0) is 9.84. The molecule has 1 aromatic carbocycles. The number of nitrogens with two attached hydrogens (primary N) is 2. The van der Waals surface area contributed by atoms with Gasteiger partial charge in [-0.1, -0.05) is 23.2 Å². The van der Waals surface area contributed by atoms with Crippen molar-refractivity contribution in [3.63, 3.8) is 0 Å². The minimum absolute atomic E-state index is 0.165. The van der Waals surface area contributed by atoms with Crippen molar-refractivity contribution in [1.29, 1.82) is 0 Å². The first-order valence-corrected chi connectivity index (χ1v) is 4.30. The molecule has 1 aromatic rings. The van der Waals surface area contributed by atoms with Crippen LogP contribution in [-0.4, -0.2) is 12.4 Å². The summed E-state index contributed by atoms with van der Waals surface area (Å²) in [4.78, 5) is 0. The van der Waals surface area contributed by atoms with Crippen LogP contribution < -0.4 is 15.9 Å². The van der Waals surface area contributed by atoms with Crippen molar-refractivity contribution in [3.8, 4) is 5.75 Å². The highest BCUT2D eigenvalue weighted by atomic mass is 35.5. The molecule has 0 aliphatic rings. The van der Waals surface area contributed by atoms with Gasteiger partial charge in [0.1, 0.15) is 5.75 Å². The van der Waals surface area contributed by atoms with Gasteiger partial charge >= 0.3 is 0 Å². The summed E-state index contributed by atoms with van der Waals surface area (Å²) in [5.74, 6) is 0.800. The fourth-order valence-electron chi connectivity index (χ4n) is 0.733. The van der Waals surface area contributed by atoms with Gasteiger partial charge in [-0.15, -0.1) is 0 Å². The third-order valence-electron chi connectivity index (χ3n) is 1.30. The molecule has 0 atom stereocenters. The molecular formula is C8H9Cl2N2O+. The summed E-state index contributed by atoms with van der Waals surface area (Å²) in [6.07, 6.45) is 0. The van der Waals surface area contributed by atoms with Gasteiger partial charge in [0.05, 0.1) is 10.0 Å². The van der Waals surface area contributed by atoms with Crippen LogP contribution in [0.3, 0.4) is 0 Å². The highest BCUT2D eigenvalue weighted by Crippen LogP contribution is 2.26. The average Bonchev–Trinajstić information content (AvgIpc) is 2.07. The summed E-state index contributed by atoms with van der Waals surface area (Å²) >= 11 is 11.4. The number of ether oxygens (including phenoxy) is 1. The Kier molecular flexibility index (Phi) is 3.39. The third-order valence-corrected chi connectivity index (χ3v) is 2.04. The summed E-state index contributed by atoms with van der Waals surface area (Å²) < 4.78 is 5.17. The van der Waals surface area contributed by atoms with Gasteiger partial charge in [-0.3, -0.25) is 11.1 Å². The van der Waals surface area contributed by atoms with Crippen LogP contribution >= 0.6 is 23.2 Å². The Balaban J connectivity index is 2.68. The number of hydrogen-bond acceptors (Lipinski definition) is 1. The van der Waals surface area contributed by atoms with Crippen LogP contribution in [0.1, 0.15) is 0 Å². The van der Waals surface area contributed by atoms with E-state index in [9.17, 15) is 0 Å². The molecule has 4 N–H and O–H groups in total. The summed E-state index contributed by atoms with van der Waals surface area (Å²) in [5.41, 5.74) is 5.22. The minimum Gasteiger partial charge on any atom is -0.481 e. The number of halogens is 2. The number of benzene rings is 1. The molecule has 13 heavy (non-hydrogen) atoms. The monoisotopic (exact) mass is 219 g/mol. The Morgan fingerprint density at radius 1 is 1.38 bits per heavy atom. The quantitative estimate of drug-likeness (QED) is 0.575. The van der Waals surface area contributed by atoms with Gasteiger partial charge in [0.15, 0.2) is 6.61 Å². The van der Waals surface area contributed by atoms with Gasteiger partial charge in [-0.2, -0.15) is 0 Å². The first kappa shape index (κ1) is 10.2. The van der Waals surface area contributed by atoms with E-state index >= 15 is 0 Å². The zero-order valence-corrected chi connectivity index (χ0v) is 8.27. The maximum Gasteiger partial charge on any atom is 0.276 e. The van der Waals surface area contributed by atoms with Gasteiger partial charge in [0.2, 0.25) is 0 Å². The molecule has 0 aliphatic carbocycles. The zero-order valence-electron chi connectivity index (χ0n) is 6.76. The van der Waals surface area contributed by atoms with E-state index in [2.05, 4.69) is 0 Å². The molecule has 0 heterocycles. The molecule has 0 fully saturated rings. The maximum absolute atomic E-state index is 5.75. The van der Waals surface area contributed by atoms with Crippen molar-refractivity contribution in [2.75, 3.05) is 6.61 Å². The van der Waals surface area contributed by atoms with E-state index in [4.69, 9.17) is 39.1 Å². The summed E-state index contributed by atoms with van der Waals surface area (Å²) in [6.45, 7) is 0.165. The van der Waals surface area contributed by atoms with Crippen LogP contribution in [0.15, 0.2) is 18.2 Å². The second kappa shape index (κ2) is 4.35. The SMILES string of the molecule is NC(=[NH2+])COc1ccc(Cl)c(Cl)c1. The summed E-state index contributed by atoms with van der Waals surface area (Å²) in [6, 6.07) is 4.94. The Hall–Kier alpha value is -0.930. The summed E-state index contributed by atoms with van der Waals surface area (Å²) in [7, 11) is 0. The van der Waals surface area contributed by atoms with Crippen LogP contribution in [0.5, 0.6) is 5.75 Å². The van der Waals surface area contributed by atoms with E-state index in [1.54, 1.807) is 18.2 Å². The van der Waals surface area contributed by atoms with Gasteiger partial charge in [-0.05, 0) is 12.1 Å². The van der Waals surface area contributed by atoms with Crippen LogP contribution in [0.2, 0.25) is 10.0 Å². The van der Waals surface area contributed by atoms with E-state index in [0.717, 1.165) is 0 Å². The van der Waals surface area contributed by atoms with Crippen molar-refractivity contribution in [3.05, 3.63) is 28.2 Å². The van der Waals surface area contributed by atoms with Crippen molar-refractivity contribution in [2.24, 2.45) is 5.73 Å². The Labute approximate surface area is 85.9 Å². The predicted molar refractivity (Wildman–Crippen MR) is 53.1 cm³/mol. The van der Waals surface area contributed by atoms with Crippen LogP contribution in [0.4, 0.5) is 0 Å². The minimum atomic E-state index is 0.165. The van der Waals surface area contributed by atoms with Crippen molar-refractivity contribution in [1.82, 2.24) is 0 Å². The van der Waals surface area contributed by atoms with Crippen LogP contribution in [0, 0.1) is 0 Å². The lowest BCUT2D eigenvalue weighted by Gasteiger charge is -2.03. The fraction of sp³-hybridized carbons (Fsp3) is 0.125. The van der Waals surface area contributed by atoms with Crippen LogP contribution in [-0.2, 0) is 0 Å². The molecule has 0 radical (unpaired) electrons. The van der Waals surface area contributed by atoms with Gasteiger partial charge in [0.25, 0.3) is 5.84 Å². The Morgan fingerprint density at radius 3 is 2.62 bits per heavy atom. The molecule has 1 rings (SSSR count). The van der Waals surface area contributed by atoms with E-state index in [1.807, 2.05) is 0 Å². The van der Waals surface area contributed by atoms with E-state index < -0.39 is 0 Å². The van der Waals surface area contributed by atoms with Crippen molar-refractivity contribution in [2.45, 2.75) is 0 Å². The Bertz CT molecular complexity index is 328. The standard InChI is InChI=1S/C8H8Cl2N2O/c9-6-2-1-5(3-7(6)10)13-4-8(11)12/h1-3H,4H2,(H3,11,12)/p+1. The summed E-state index contributed by atoms with van der Waals surface area (Å²) in [5, 5.41) is 6.14. The van der Waals surface area contributed by atoms with E-state index in [-0.39, 0.29) is 12.4 Å². The number of hydrogen-bond donors (Lipinski definition) is 2. The second-order valence-corrected chi connectivity index (χ2v) is 3.25. The maximum atomic E-state index is 5.75. The largest absolute Gasteiger partial charge is 0.481 e. The van der Waals surface area contributed by atoms with Crippen LogP contribution in [0.25, 0.3) is 0 Å². The number of rotatable bonds is 3. The number of amidine groups is 1. The molecule has 0 unspecified atom stereocenters. The molecule has 0 saturated carbocycles. The fourth-order valence-corrected chi connectivity index (χ4v) is 1.02. The molecular weight excluding hydrogens is 211 g/mol. The molecule has 0 bridgehead atoms. The molecule has 3 nitrogen and oxygen atoms in total. The first-order valence-electron chi connectivity index (χ1n) is 3.54.